The van der Waals surface area contributed by atoms with Crippen molar-refractivity contribution in [2.75, 3.05) is 9.80 Å². The lowest BCUT2D eigenvalue weighted by Crippen LogP contribution is -2.41. The second-order valence-corrected chi connectivity index (χ2v) is 14.1. The molecular weight excluding hydrogens is 631 g/mol. The molecule has 0 radical (unpaired) electrons. The highest BCUT2D eigenvalue weighted by atomic mass is 15.2. The van der Waals surface area contributed by atoms with Gasteiger partial charge in [-0.25, -0.2) is 0 Å². The molecule has 2 aliphatic heterocycles. The van der Waals surface area contributed by atoms with E-state index in [4.69, 9.17) is 0 Å². The molecule has 0 aliphatic carbocycles. The van der Waals surface area contributed by atoms with Crippen LogP contribution in [0.2, 0.25) is 0 Å². The standard InChI is InChI=1S/C49H31N3/c1-2-16-32(17-3-1)50-42-26-12-6-20-36(42)49(37-21-7-13-27-43(37)50)38-22-8-14-28-44(38)51(45-29-15-9-23-39(45)49)46-31-30-34-33-18-4-10-24-40(33)52-41-25-11-5-19-35(41)47(46)48(34)52/h1-31H. The Balaban J connectivity index is 1.22. The summed E-state index contributed by atoms with van der Waals surface area (Å²) in [6.45, 7) is 0. The van der Waals surface area contributed by atoms with Gasteiger partial charge in [-0.15, -0.1) is 0 Å². The van der Waals surface area contributed by atoms with Crippen LogP contribution >= 0.6 is 0 Å². The number of hydrogen-bond donors (Lipinski definition) is 0. The maximum absolute atomic E-state index is 2.55. The highest BCUT2D eigenvalue weighted by Crippen LogP contribution is 2.64. The van der Waals surface area contributed by atoms with Crippen molar-refractivity contribution in [3.05, 3.63) is 210 Å². The van der Waals surface area contributed by atoms with E-state index in [1.54, 1.807) is 0 Å². The van der Waals surface area contributed by atoms with Gasteiger partial charge in [-0.3, -0.25) is 0 Å². The lowest BCUT2D eigenvalue weighted by molar-refractivity contribution is 0.719. The first-order valence-electron chi connectivity index (χ1n) is 18.0. The van der Waals surface area contributed by atoms with Gasteiger partial charge in [0.2, 0.25) is 0 Å². The van der Waals surface area contributed by atoms with Crippen LogP contribution in [0.5, 0.6) is 0 Å². The summed E-state index contributed by atoms with van der Waals surface area (Å²) in [5, 5.41) is 5.13. The molecule has 0 atom stereocenters. The van der Waals surface area contributed by atoms with Gasteiger partial charge in [0.05, 0.1) is 50.4 Å². The van der Waals surface area contributed by atoms with E-state index < -0.39 is 5.41 Å². The molecule has 0 bridgehead atoms. The molecule has 4 heterocycles. The zero-order valence-corrected chi connectivity index (χ0v) is 28.2. The smallest absolute Gasteiger partial charge is 0.0782 e. The van der Waals surface area contributed by atoms with Crippen LogP contribution in [-0.4, -0.2) is 4.40 Å². The molecule has 52 heavy (non-hydrogen) atoms. The lowest BCUT2D eigenvalue weighted by atomic mass is 9.60. The van der Waals surface area contributed by atoms with Crippen molar-refractivity contribution < 1.29 is 0 Å². The van der Waals surface area contributed by atoms with Crippen LogP contribution in [0.1, 0.15) is 22.3 Å². The Morgan fingerprint density at radius 1 is 0.308 bits per heavy atom. The Labute approximate surface area is 301 Å². The number of fused-ring (bicyclic) bond motifs is 14. The molecule has 10 aromatic rings. The Hall–Kier alpha value is -6.84. The van der Waals surface area contributed by atoms with E-state index in [1.165, 1.54) is 88.8 Å². The van der Waals surface area contributed by atoms with Gasteiger partial charge in [0.1, 0.15) is 0 Å². The topological polar surface area (TPSA) is 10.9 Å². The molecule has 0 saturated carbocycles. The van der Waals surface area contributed by atoms with Crippen LogP contribution in [0.3, 0.4) is 0 Å². The number of hydrogen-bond acceptors (Lipinski definition) is 2. The Morgan fingerprint density at radius 2 is 0.750 bits per heavy atom. The molecule has 0 fully saturated rings. The van der Waals surface area contributed by atoms with Gasteiger partial charge in [-0.05, 0) is 76.9 Å². The number of nitrogens with zero attached hydrogens (tertiary/aromatic N) is 3. The van der Waals surface area contributed by atoms with E-state index in [9.17, 15) is 0 Å². The lowest BCUT2D eigenvalue weighted by Gasteiger charge is -2.51. The highest BCUT2D eigenvalue weighted by molar-refractivity contribution is 6.27. The summed E-state index contributed by atoms with van der Waals surface area (Å²) in [5.41, 5.74) is 15.5. The third kappa shape index (κ3) is 3.31. The van der Waals surface area contributed by atoms with Crippen LogP contribution in [0, 0.1) is 0 Å². The van der Waals surface area contributed by atoms with Crippen molar-refractivity contribution in [3.8, 4) is 0 Å². The van der Waals surface area contributed by atoms with Gasteiger partial charge < -0.3 is 14.2 Å². The van der Waals surface area contributed by atoms with Crippen molar-refractivity contribution >= 4 is 72.2 Å². The van der Waals surface area contributed by atoms with E-state index in [2.05, 4.69) is 202 Å². The Kier molecular flexibility index (Phi) is 5.43. The summed E-state index contributed by atoms with van der Waals surface area (Å²) >= 11 is 0. The number of aromatic nitrogens is 1. The molecule has 12 rings (SSSR count). The van der Waals surface area contributed by atoms with E-state index in [-0.39, 0.29) is 0 Å². The maximum Gasteiger partial charge on any atom is 0.0782 e. The first-order chi connectivity index (χ1) is 25.9. The van der Waals surface area contributed by atoms with E-state index in [0.717, 1.165) is 5.69 Å². The third-order valence-corrected chi connectivity index (χ3v) is 11.7. The minimum atomic E-state index is -0.556. The van der Waals surface area contributed by atoms with Gasteiger partial charge in [0.15, 0.2) is 0 Å². The first kappa shape index (κ1) is 27.9. The summed E-state index contributed by atoms with van der Waals surface area (Å²) in [4.78, 5) is 4.99. The molecule has 1 spiro atoms. The monoisotopic (exact) mass is 661 g/mol. The van der Waals surface area contributed by atoms with Gasteiger partial charge in [-0.2, -0.15) is 0 Å². The zero-order chi connectivity index (χ0) is 34.0. The molecule has 8 aromatic carbocycles. The van der Waals surface area contributed by atoms with Crippen molar-refractivity contribution in [1.82, 2.24) is 4.40 Å². The fraction of sp³-hybridized carbons (Fsp3) is 0.0204. The van der Waals surface area contributed by atoms with E-state index in [1.807, 2.05) is 0 Å². The minimum Gasteiger partial charge on any atom is -0.310 e. The molecule has 0 N–H and O–H groups in total. The molecule has 2 aliphatic rings. The molecule has 2 aromatic heterocycles. The second-order valence-electron chi connectivity index (χ2n) is 14.1. The average molecular weight is 662 g/mol. The van der Waals surface area contributed by atoms with Crippen LogP contribution in [-0.2, 0) is 5.41 Å². The number of anilines is 6. The van der Waals surface area contributed by atoms with Crippen molar-refractivity contribution in [3.63, 3.8) is 0 Å². The highest BCUT2D eigenvalue weighted by Gasteiger charge is 2.51. The van der Waals surface area contributed by atoms with Gasteiger partial charge >= 0.3 is 0 Å². The average Bonchev–Trinajstić information content (AvgIpc) is 3.74. The van der Waals surface area contributed by atoms with Gasteiger partial charge in [0, 0.05) is 27.2 Å². The molecule has 242 valence electrons. The second kappa shape index (κ2) is 10.1. The molecular formula is C49H31N3. The SMILES string of the molecule is c1ccc(N2c3ccccc3C3(c4ccccc42)c2ccccc2N(c2ccc4c5ccccc5n5c6ccccc6c2c45)c2ccccc23)cc1. The molecule has 0 saturated heterocycles. The Morgan fingerprint density at radius 3 is 1.33 bits per heavy atom. The van der Waals surface area contributed by atoms with E-state index in [0.29, 0.717) is 0 Å². The summed E-state index contributed by atoms with van der Waals surface area (Å²) in [6, 6.07) is 69.5. The number of para-hydroxylation sites is 7. The molecule has 0 amide bonds. The maximum atomic E-state index is 2.55. The van der Waals surface area contributed by atoms with Crippen molar-refractivity contribution in [2.24, 2.45) is 0 Å². The van der Waals surface area contributed by atoms with Crippen molar-refractivity contribution in [1.29, 1.82) is 0 Å². The van der Waals surface area contributed by atoms with Crippen molar-refractivity contribution in [2.45, 2.75) is 5.41 Å². The largest absolute Gasteiger partial charge is 0.310 e. The first-order valence-corrected chi connectivity index (χ1v) is 18.0. The summed E-state index contributed by atoms with van der Waals surface area (Å²) in [5.74, 6) is 0. The minimum absolute atomic E-state index is 0.556. The predicted octanol–water partition coefficient (Wildman–Crippen LogP) is 12.8. The fourth-order valence-electron chi connectivity index (χ4n) is 9.82. The van der Waals surface area contributed by atoms with Crippen LogP contribution < -0.4 is 9.80 Å². The molecule has 3 heteroatoms. The quantitative estimate of drug-likeness (QED) is 0.183. The summed E-state index contributed by atoms with van der Waals surface area (Å²) in [6.07, 6.45) is 0. The van der Waals surface area contributed by atoms with E-state index >= 15 is 0 Å². The third-order valence-electron chi connectivity index (χ3n) is 11.7. The normalized spacial score (nSPS) is 14.2. The van der Waals surface area contributed by atoms with Crippen LogP contribution in [0.25, 0.3) is 38.1 Å². The summed E-state index contributed by atoms with van der Waals surface area (Å²) in [7, 11) is 0. The molecule has 3 nitrogen and oxygen atoms in total. The van der Waals surface area contributed by atoms with Crippen LogP contribution in [0.4, 0.5) is 34.1 Å². The number of rotatable bonds is 2. The van der Waals surface area contributed by atoms with Crippen LogP contribution in [0.15, 0.2) is 188 Å². The van der Waals surface area contributed by atoms with Gasteiger partial charge in [0.25, 0.3) is 0 Å². The summed E-state index contributed by atoms with van der Waals surface area (Å²) < 4.78 is 2.48. The number of benzene rings is 8. The van der Waals surface area contributed by atoms with Gasteiger partial charge in [-0.1, -0.05) is 133 Å². The fourth-order valence-corrected chi connectivity index (χ4v) is 9.82. The zero-order valence-electron chi connectivity index (χ0n) is 28.2. The Bertz CT molecular complexity index is 2950. The molecule has 0 unspecified atom stereocenters. The predicted molar refractivity (Wildman–Crippen MR) is 216 cm³/mol.